The van der Waals surface area contributed by atoms with Gasteiger partial charge in [-0.2, -0.15) is 0 Å². The van der Waals surface area contributed by atoms with Crippen molar-refractivity contribution in [1.29, 1.82) is 0 Å². The summed E-state index contributed by atoms with van der Waals surface area (Å²) in [6.45, 7) is 13.2. The molecule has 2 heterocycles. The van der Waals surface area contributed by atoms with Gasteiger partial charge in [0.25, 0.3) is 0 Å². The number of para-hydroxylation sites is 2. The zero-order valence-electron chi connectivity index (χ0n) is 33.0. The monoisotopic (exact) mass is 756 g/mol. The van der Waals surface area contributed by atoms with Gasteiger partial charge in [0.05, 0.1) is 22.1 Å². The molecule has 0 N–H and O–H groups in total. The summed E-state index contributed by atoms with van der Waals surface area (Å²) < 4.78 is 4.70. The molecule has 59 heavy (non-hydrogen) atoms. The molecule has 0 aliphatic heterocycles. The zero-order chi connectivity index (χ0) is 39.8. The highest BCUT2D eigenvalue weighted by atomic mass is 15.1. The first-order chi connectivity index (χ1) is 29.0. The largest absolute Gasteiger partial charge is 0.292 e. The van der Waals surface area contributed by atoms with Crippen LogP contribution in [0.3, 0.4) is 0 Å². The quantitative estimate of drug-likeness (QED) is 0.158. The average molecular weight is 757 g/mol. The summed E-state index contributed by atoms with van der Waals surface area (Å²) >= 11 is 0. The summed E-state index contributed by atoms with van der Waals surface area (Å²) in [5, 5.41) is 11.1. The van der Waals surface area contributed by atoms with Crippen molar-refractivity contribution in [3.05, 3.63) is 192 Å². The van der Waals surface area contributed by atoms with E-state index >= 15 is 0 Å². The smallest absolute Gasteiger partial charge is 0.146 e. The Morgan fingerprint density at radius 2 is 1.10 bits per heavy atom. The minimum absolute atomic E-state index is 0.363. The number of benzene rings is 9. The molecule has 2 aromatic heterocycles. The van der Waals surface area contributed by atoms with Gasteiger partial charge in [0, 0.05) is 43.9 Å². The van der Waals surface area contributed by atoms with Crippen molar-refractivity contribution >= 4 is 77.8 Å². The van der Waals surface area contributed by atoms with Crippen molar-refractivity contribution in [3.8, 4) is 34.2 Å². The molecule has 9 aromatic carbocycles. The van der Waals surface area contributed by atoms with E-state index in [1.807, 2.05) is 12.2 Å². The minimum Gasteiger partial charge on any atom is -0.292 e. The molecule has 0 saturated carbocycles. The maximum absolute atomic E-state index is 5.72. The third-order valence-corrected chi connectivity index (χ3v) is 12.0. The van der Waals surface area contributed by atoms with Gasteiger partial charge in [0.1, 0.15) is 11.6 Å². The number of imidazole rings is 2. The molecule has 280 valence electrons. The van der Waals surface area contributed by atoms with Gasteiger partial charge in [-0.05, 0) is 80.0 Å². The van der Waals surface area contributed by atoms with E-state index in [-0.39, 0.29) is 0 Å². The number of hydrogen-bond acceptors (Lipinski definition) is 2. The van der Waals surface area contributed by atoms with Crippen molar-refractivity contribution < 1.29 is 0 Å². The predicted octanol–water partition coefficient (Wildman–Crippen LogP) is 12.8. The summed E-state index contributed by atoms with van der Waals surface area (Å²) in [5.74, 6) is 2.12. The first-order valence-corrected chi connectivity index (χ1v) is 20.3. The molecule has 0 unspecified atom stereocenters. The Morgan fingerprint density at radius 3 is 1.83 bits per heavy atom. The fourth-order valence-electron chi connectivity index (χ4n) is 9.17. The van der Waals surface area contributed by atoms with Crippen LogP contribution in [0, 0.1) is 0 Å². The van der Waals surface area contributed by atoms with E-state index in [0.717, 1.165) is 88.2 Å². The Balaban J connectivity index is 1.32. The molecule has 4 nitrogen and oxygen atoms in total. The molecule has 0 aliphatic carbocycles. The molecule has 0 spiro atoms. The minimum atomic E-state index is 0.363. The van der Waals surface area contributed by atoms with Crippen LogP contribution in [0.2, 0.25) is 0 Å². The van der Waals surface area contributed by atoms with Crippen LogP contribution in [0.4, 0.5) is 0 Å². The predicted molar refractivity (Wildman–Crippen MR) is 250 cm³/mol. The number of allylic oxidation sites excluding steroid dienone is 1. The Morgan fingerprint density at radius 1 is 0.508 bits per heavy atom. The highest BCUT2D eigenvalue weighted by molar-refractivity contribution is 6.25. The molecule has 0 fully saturated rings. The molecule has 4 heteroatoms. The van der Waals surface area contributed by atoms with E-state index in [0.29, 0.717) is 5.92 Å². The third-order valence-electron chi connectivity index (χ3n) is 12.0. The summed E-state index contributed by atoms with van der Waals surface area (Å²) in [7, 11) is 0. The number of aromatic nitrogens is 4. The van der Waals surface area contributed by atoms with Crippen molar-refractivity contribution in [1.82, 2.24) is 19.1 Å². The van der Waals surface area contributed by atoms with Crippen LogP contribution in [-0.2, 0) is 0 Å². The van der Waals surface area contributed by atoms with Gasteiger partial charge in [0.2, 0.25) is 0 Å². The Bertz CT molecular complexity index is 3610. The van der Waals surface area contributed by atoms with Gasteiger partial charge in [-0.3, -0.25) is 9.13 Å². The summed E-state index contributed by atoms with van der Waals surface area (Å²) in [5.41, 5.74) is 9.46. The fraction of sp³-hybridized carbons (Fsp3) is 0.0545. The Labute approximate surface area is 342 Å². The van der Waals surface area contributed by atoms with Crippen LogP contribution < -0.4 is 10.4 Å². The molecule has 11 rings (SSSR count). The van der Waals surface area contributed by atoms with E-state index in [9.17, 15) is 0 Å². The number of rotatable bonds is 6. The molecule has 0 radical (unpaired) electrons. The van der Waals surface area contributed by atoms with Gasteiger partial charge >= 0.3 is 0 Å². The van der Waals surface area contributed by atoms with Gasteiger partial charge in [-0.1, -0.05) is 167 Å². The molecule has 0 atom stereocenters. The zero-order valence-corrected chi connectivity index (χ0v) is 33.0. The lowest BCUT2D eigenvalue weighted by atomic mass is 9.94. The van der Waals surface area contributed by atoms with Crippen LogP contribution in [0.25, 0.3) is 112 Å². The fourth-order valence-corrected chi connectivity index (χ4v) is 9.17. The second kappa shape index (κ2) is 13.5. The highest BCUT2D eigenvalue weighted by Crippen LogP contribution is 2.43. The Hall–Kier alpha value is -7.56. The number of hydrogen-bond donors (Lipinski definition) is 0. The third kappa shape index (κ3) is 5.30. The van der Waals surface area contributed by atoms with Crippen molar-refractivity contribution in [2.45, 2.75) is 19.8 Å². The van der Waals surface area contributed by atoms with Crippen LogP contribution in [0.5, 0.6) is 0 Å². The van der Waals surface area contributed by atoms with Crippen LogP contribution in [-0.4, -0.2) is 19.1 Å². The molecule has 0 saturated heterocycles. The van der Waals surface area contributed by atoms with E-state index in [1.165, 1.54) is 27.1 Å². The topological polar surface area (TPSA) is 35.6 Å². The first kappa shape index (κ1) is 34.7. The maximum Gasteiger partial charge on any atom is 0.146 e. The maximum atomic E-state index is 5.72. The van der Waals surface area contributed by atoms with Gasteiger partial charge in [-0.25, -0.2) is 9.97 Å². The molecule has 11 aromatic rings. The molecule has 0 aliphatic rings. The summed E-state index contributed by atoms with van der Waals surface area (Å²) in [4.78, 5) is 11.3. The normalized spacial score (nSPS) is 12.3. The molecular weight excluding hydrogens is 717 g/mol. The van der Waals surface area contributed by atoms with Gasteiger partial charge in [-0.15, -0.1) is 0 Å². The van der Waals surface area contributed by atoms with Crippen LogP contribution in [0.1, 0.15) is 25.3 Å². The van der Waals surface area contributed by atoms with Gasteiger partial charge in [0.15, 0.2) is 0 Å². The first-order valence-electron chi connectivity index (χ1n) is 20.3. The molecule has 0 amide bonds. The molecule has 0 bridgehead atoms. The number of nitrogens with zero attached hydrogens (tertiary/aromatic N) is 4. The van der Waals surface area contributed by atoms with Gasteiger partial charge < -0.3 is 0 Å². The lowest BCUT2D eigenvalue weighted by molar-refractivity contribution is 0.869. The second-order valence-corrected chi connectivity index (χ2v) is 15.7. The SMILES string of the molecule is C=C/C=c1\c(=C)c2ccccc2c2c1nc(-c1ccc3c4ccc(C(C)C)cc4c4c(nc(-c5cccc6ccccc56)n4-c4ccccc4)c3c1)n2-c1ccccc1. The number of fused-ring (bicyclic) bond motifs is 10. The highest BCUT2D eigenvalue weighted by Gasteiger charge is 2.24. The molecular formula is C55H40N4. The van der Waals surface area contributed by atoms with Crippen LogP contribution in [0.15, 0.2) is 176 Å². The van der Waals surface area contributed by atoms with E-state index in [1.54, 1.807) is 0 Å². The summed E-state index contributed by atoms with van der Waals surface area (Å²) in [6, 6.07) is 58.7. The Kier molecular flexibility index (Phi) is 7.95. The standard InChI is InChI=1S/C55H40N4/c1-5-17-42-35(4)41-24-14-15-26-46(41)52-50(42)56-54(58(52)39-20-8-6-9-21-39)38-29-31-44-45-30-28-37(34(2)3)32-49(45)53-51(48(44)33-38)57-55(59(53)40-22-10-7-11-23-40)47-27-16-19-36-18-12-13-25-43(36)47/h5-34H,1,4H2,2-3H3/b42-17+. The lowest BCUT2D eigenvalue weighted by Crippen LogP contribution is -2.25. The van der Waals surface area contributed by atoms with Crippen molar-refractivity contribution in [2.75, 3.05) is 0 Å². The van der Waals surface area contributed by atoms with E-state index in [2.05, 4.69) is 200 Å². The summed E-state index contributed by atoms with van der Waals surface area (Å²) in [6.07, 6.45) is 3.87. The lowest BCUT2D eigenvalue weighted by Gasteiger charge is -2.15. The van der Waals surface area contributed by atoms with Crippen molar-refractivity contribution in [2.24, 2.45) is 0 Å². The van der Waals surface area contributed by atoms with E-state index < -0.39 is 0 Å². The van der Waals surface area contributed by atoms with Crippen molar-refractivity contribution in [3.63, 3.8) is 0 Å². The van der Waals surface area contributed by atoms with E-state index in [4.69, 9.17) is 9.97 Å². The second-order valence-electron chi connectivity index (χ2n) is 15.7. The average Bonchev–Trinajstić information content (AvgIpc) is 3.89. The van der Waals surface area contributed by atoms with Crippen LogP contribution >= 0.6 is 0 Å².